The minimum Gasteiger partial charge on any atom is -0.491 e. The van der Waals surface area contributed by atoms with Gasteiger partial charge in [0, 0.05) is 42.0 Å². The Balaban J connectivity index is 1.78. The Morgan fingerprint density at radius 1 is 0.895 bits per heavy atom. The second-order valence-electron chi connectivity index (χ2n) is 11.3. The molecule has 1 fully saturated rings. The monoisotopic (exact) mass is 512 g/mol. The Bertz CT molecular complexity index is 1140. The molecule has 1 unspecified atom stereocenters. The van der Waals surface area contributed by atoms with E-state index in [0.717, 1.165) is 49.0 Å². The molecular formula is C35H48N2O. The Hall–Kier alpha value is -2.65. The number of benzene rings is 2. The number of hydrogen-bond donors (Lipinski definition) is 0. The fourth-order valence-corrected chi connectivity index (χ4v) is 6.46. The molecule has 0 bridgehead atoms. The molecule has 0 amide bonds. The molecule has 0 spiro atoms. The first-order chi connectivity index (χ1) is 18.4. The fraction of sp³-hybridized carbons (Fsp3) is 0.514. The zero-order valence-electron chi connectivity index (χ0n) is 24.6. The number of ether oxygens (including phenoxy) is 1. The summed E-state index contributed by atoms with van der Waals surface area (Å²) in [6, 6.07) is 20.4. The second-order valence-corrected chi connectivity index (χ2v) is 11.3. The van der Waals surface area contributed by atoms with Gasteiger partial charge in [-0.3, -0.25) is 9.88 Å². The molecule has 1 aliphatic carbocycles. The van der Waals surface area contributed by atoms with Crippen LogP contribution < -0.4 is 4.74 Å². The predicted octanol–water partition coefficient (Wildman–Crippen LogP) is 8.94. The second kappa shape index (κ2) is 13.4. The molecule has 204 valence electrons. The van der Waals surface area contributed by atoms with Gasteiger partial charge in [0.25, 0.3) is 0 Å². The standard InChI is InChI=1S/C35H48N2O/c1-7-28-20-15-21-29(8-2)35(28)32-22-34(38-25(4)5)31(26(6)36-32)24-37(23-27-16-11-10-12-17-27)33(9-3)30-18-13-14-19-30/h10-12,15-17,20-22,25,30,33H,7-9,13-14,18-19,23-24H2,1-6H3. The van der Waals surface area contributed by atoms with E-state index in [-0.39, 0.29) is 6.10 Å². The summed E-state index contributed by atoms with van der Waals surface area (Å²) in [5.74, 6) is 1.77. The summed E-state index contributed by atoms with van der Waals surface area (Å²) in [7, 11) is 0. The number of aromatic nitrogens is 1. The average molecular weight is 513 g/mol. The van der Waals surface area contributed by atoms with Gasteiger partial charge in [0.1, 0.15) is 5.75 Å². The van der Waals surface area contributed by atoms with Gasteiger partial charge in [-0.2, -0.15) is 0 Å². The maximum atomic E-state index is 6.56. The predicted molar refractivity (Wildman–Crippen MR) is 161 cm³/mol. The number of pyridine rings is 1. The van der Waals surface area contributed by atoms with Crippen LogP contribution in [0.1, 0.15) is 94.7 Å². The Labute approximate surface area is 231 Å². The number of nitrogens with zero attached hydrogens (tertiary/aromatic N) is 2. The van der Waals surface area contributed by atoms with Crippen LogP contribution in [-0.4, -0.2) is 22.0 Å². The van der Waals surface area contributed by atoms with Crippen molar-refractivity contribution in [3.05, 3.63) is 82.5 Å². The van der Waals surface area contributed by atoms with Gasteiger partial charge in [0.05, 0.1) is 11.8 Å². The van der Waals surface area contributed by atoms with Gasteiger partial charge < -0.3 is 4.74 Å². The highest BCUT2D eigenvalue weighted by molar-refractivity contribution is 5.70. The Kier molecular flexibility index (Phi) is 10.0. The van der Waals surface area contributed by atoms with Crippen LogP contribution >= 0.6 is 0 Å². The van der Waals surface area contributed by atoms with Gasteiger partial charge in [-0.25, -0.2) is 0 Å². The quantitative estimate of drug-likeness (QED) is 0.242. The van der Waals surface area contributed by atoms with Gasteiger partial charge >= 0.3 is 0 Å². The minimum atomic E-state index is 0.106. The van der Waals surface area contributed by atoms with Crippen molar-refractivity contribution in [2.45, 2.75) is 112 Å². The largest absolute Gasteiger partial charge is 0.491 e. The van der Waals surface area contributed by atoms with Crippen molar-refractivity contribution < 1.29 is 4.74 Å². The van der Waals surface area contributed by atoms with Gasteiger partial charge in [0.2, 0.25) is 0 Å². The molecule has 4 rings (SSSR count). The van der Waals surface area contributed by atoms with Crippen LogP contribution in [0.5, 0.6) is 5.75 Å². The van der Waals surface area contributed by atoms with Crippen LogP contribution in [0.15, 0.2) is 54.6 Å². The van der Waals surface area contributed by atoms with Crippen molar-refractivity contribution in [3.63, 3.8) is 0 Å². The first-order valence-corrected chi connectivity index (χ1v) is 15.0. The molecule has 0 N–H and O–H groups in total. The molecule has 2 aromatic carbocycles. The van der Waals surface area contributed by atoms with E-state index in [2.05, 4.69) is 101 Å². The van der Waals surface area contributed by atoms with E-state index in [4.69, 9.17) is 9.72 Å². The van der Waals surface area contributed by atoms with E-state index in [1.54, 1.807) is 0 Å². The van der Waals surface area contributed by atoms with Crippen molar-refractivity contribution in [1.82, 2.24) is 9.88 Å². The van der Waals surface area contributed by atoms with Crippen LogP contribution in [0.2, 0.25) is 0 Å². The highest BCUT2D eigenvalue weighted by Crippen LogP contribution is 2.37. The molecular weight excluding hydrogens is 464 g/mol. The van der Waals surface area contributed by atoms with Crippen LogP contribution in [-0.2, 0) is 25.9 Å². The summed E-state index contributed by atoms with van der Waals surface area (Å²) in [5, 5.41) is 0. The average Bonchev–Trinajstić information content (AvgIpc) is 3.45. The lowest BCUT2D eigenvalue weighted by Crippen LogP contribution is -2.39. The van der Waals surface area contributed by atoms with Crippen molar-refractivity contribution in [2.24, 2.45) is 5.92 Å². The van der Waals surface area contributed by atoms with E-state index in [1.807, 2.05) is 0 Å². The molecule has 1 atom stereocenters. The molecule has 1 aromatic heterocycles. The zero-order chi connectivity index (χ0) is 27.1. The summed E-state index contributed by atoms with van der Waals surface area (Å²) in [4.78, 5) is 7.99. The van der Waals surface area contributed by atoms with Crippen molar-refractivity contribution in [2.75, 3.05) is 0 Å². The summed E-state index contributed by atoms with van der Waals surface area (Å²) >= 11 is 0. The lowest BCUT2D eigenvalue weighted by molar-refractivity contribution is 0.118. The van der Waals surface area contributed by atoms with Crippen LogP contribution in [0, 0.1) is 12.8 Å². The lowest BCUT2D eigenvalue weighted by atomic mass is 9.92. The maximum Gasteiger partial charge on any atom is 0.128 e. The van der Waals surface area contributed by atoms with Crippen LogP contribution in [0.25, 0.3) is 11.3 Å². The summed E-state index contributed by atoms with van der Waals surface area (Å²) in [5.41, 5.74) is 8.76. The Morgan fingerprint density at radius 3 is 2.13 bits per heavy atom. The van der Waals surface area contributed by atoms with E-state index >= 15 is 0 Å². The van der Waals surface area contributed by atoms with Gasteiger partial charge in [-0.15, -0.1) is 0 Å². The van der Waals surface area contributed by atoms with Crippen LogP contribution in [0.3, 0.4) is 0 Å². The van der Waals surface area contributed by atoms with E-state index in [1.165, 1.54) is 59.9 Å². The molecule has 3 aromatic rings. The Morgan fingerprint density at radius 2 is 1.55 bits per heavy atom. The smallest absolute Gasteiger partial charge is 0.128 e. The molecule has 0 aliphatic heterocycles. The number of aryl methyl sites for hydroxylation is 3. The van der Waals surface area contributed by atoms with Crippen LogP contribution in [0.4, 0.5) is 0 Å². The SMILES string of the molecule is CCc1cccc(CC)c1-c1cc(OC(C)C)c(CN(Cc2ccccc2)C(CC)C2CCCC2)c(C)n1. The molecule has 0 saturated heterocycles. The summed E-state index contributed by atoms with van der Waals surface area (Å²) in [6.07, 6.45) is 8.71. The van der Waals surface area contributed by atoms with E-state index < -0.39 is 0 Å². The minimum absolute atomic E-state index is 0.106. The van der Waals surface area contributed by atoms with Crippen molar-refractivity contribution in [1.29, 1.82) is 0 Å². The summed E-state index contributed by atoms with van der Waals surface area (Å²) in [6.45, 7) is 15.1. The lowest BCUT2D eigenvalue weighted by Gasteiger charge is -2.36. The fourth-order valence-electron chi connectivity index (χ4n) is 6.46. The van der Waals surface area contributed by atoms with Gasteiger partial charge in [-0.05, 0) is 75.5 Å². The maximum absolute atomic E-state index is 6.56. The van der Waals surface area contributed by atoms with Crippen molar-refractivity contribution >= 4 is 0 Å². The first-order valence-electron chi connectivity index (χ1n) is 15.0. The highest BCUT2D eigenvalue weighted by atomic mass is 16.5. The molecule has 38 heavy (non-hydrogen) atoms. The van der Waals surface area contributed by atoms with Gasteiger partial charge in [0.15, 0.2) is 0 Å². The molecule has 0 radical (unpaired) electrons. The molecule has 1 saturated carbocycles. The molecule has 3 heteroatoms. The van der Waals surface area contributed by atoms with Gasteiger partial charge in [-0.1, -0.05) is 82.1 Å². The normalized spacial score (nSPS) is 14.9. The van der Waals surface area contributed by atoms with E-state index in [9.17, 15) is 0 Å². The molecule has 1 heterocycles. The van der Waals surface area contributed by atoms with E-state index in [0.29, 0.717) is 6.04 Å². The topological polar surface area (TPSA) is 25.4 Å². The number of hydrogen-bond acceptors (Lipinski definition) is 3. The third-order valence-corrected chi connectivity index (χ3v) is 8.33. The molecule has 1 aliphatic rings. The number of rotatable bonds is 12. The highest BCUT2D eigenvalue weighted by Gasteiger charge is 2.30. The first kappa shape index (κ1) is 28.4. The third-order valence-electron chi connectivity index (χ3n) is 8.33. The summed E-state index contributed by atoms with van der Waals surface area (Å²) < 4.78 is 6.56. The zero-order valence-corrected chi connectivity index (χ0v) is 24.6. The molecule has 3 nitrogen and oxygen atoms in total. The van der Waals surface area contributed by atoms with Crippen molar-refractivity contribution in [3.8, 4) is 17.0 Å². The third kappa shape index (κ3) is 6.67.